The lowest BCUT2D eigenvalue weighted by atomic mass is 10.1. The minimum absolute atomic E-state index is 0. The van der Waals surface area contributed by atoms with Crippen molar-refractivity contribution in [1.29, 1.82) is 0 Å². The van der Waals surface area contributed by atoms with Crippen molar-refractivity contribution in [2.24, 2.45) is 0 Å². The van der Waals surface area contributed by atoms with E-state index in [9.17, 15) is 9.90 Å². The Morgan fingerprint density at radius 1 is 0.966 bits per heavy atom. The molecule has 0 fully saturated rings. The van der Waals surface area contributed by atoms with Gasteiger partial charge in [0.1, 0.15) is 0 Å². The van der Waals surface area contributed by atoms with E-state index in [4.69, 9.17) is 0 Å². The molecule has 6 heteroatoms. The van der Waals surface area contributed by atoms with E-state index in [-0.39, 0.29) is 24.7 Å². The summed E-state index contributed by atoms with van der Waals surface area (Å²) in [4.78, 5) is 16.2. The van der Waals surface area contributed by atoms with E-state index in [2.05, 4.69) is 15.6 Å². The van der Waals surface area contributed by atoms with Gasteiger partial charge in [0.2, 0.25) is 5.91 Å². The molecule has 0 bridgehead atoms. The smallest absolute Gasteiger partial charge is 0.230 e. The quantitative estimate of drug-likeness (QED) is 0.471. The van der Waals surface area contributed by atoms with Gasteiger partial charge in [-0.05, 0) is 48.4 Å². The predicted molar refractivity (Wildman–Crippen MR) is 118 cm³/mol. The van der Waals surface area contributed by atoms with Gasteiger partial charge in [0.15, 0.2) is 0 Å². The van der Waals surface area contributed by atoms with Gasteiger partial charge < -0.3 is 15.7 Å². The molecule has 0 aliphatic carbocycles. The van der Waals surface area contributed by atoms with Crippen LogP contribution in [-0.4, -0.2) is 29.1 Å². The first-order valence-electron chi connectivity index (χ1n) is 9.43. The van der Waals surface area contributed by atoms with Crippen LogP contribution < -0.4 is 10.6 Å². The summed E-state index contributed by atoms with van der Waals surface area (Å²) in [5.74, 6) is -0.0805. The van der Waals surface area contributed by atoms with E-state index in [0.717, 1.165) is 29.9 Å². The average molecular weight is 412 g/mol. The molecule has 0 spiro atoms. The van der Waals surface area contributed by atoms with Gasteiger partial charge in [-0.25, -0.2) is 0 Å². The van der Waals surface area contributed by atoms with Crippen molar-refractivity contribution in [3.05, 3.63) is 95.8 Å². The number of anilines is 1. The number of nitrogens with one attached hydrogen (secondary N) is 2. The van der Waals surface area contributed by atoms with E-state index in [0.29, 0.717) is 6.54 Å². The second-order valence-electron chi connectivity index (χ2n) is 6.62. The standard InChI is InChI=1S/C23H25N3O2.ClH/c27-22(19-6-2-1-3-7-19)17-24-15-13-18-9-11-20(12-10-18)26-23(28)16-21-8-4-5-14-25-21;/h1-12,14,22,24,27H,13,15-17H2,(H,26,28);1H/t22-;/m0./s1. The molecule has 0 radical (unpaired) electrons. The summed E-state index contributed by atoms with van der Waals surface area (Å²) < 4.78 is 0. The zero-order valence-electron chi connectivity index (χ0n) is 16.1. The van der Waals surface area contributed by atoms with Crippen molar-refractivity contribution < 1.29 is 9.90 Å². The van der Waals surface area contributed by atoms with Crippen molar-refractivity contribution >= 4 is 24.0 Å². The molecule has 0 aliphatic rings. The number of carbonyl (C=O) groups is 1. The molecule has 3 aromatic rings. The van der Waals surface area contributed by atoms with Gasteiger partial charge >= 0.3 is 0 Å². The summed E-state index contributed by atoms with van der Waals surface area (Å²) in [6.45, 7) is 1.29. The first kappa shape index (κ1) is 22.6. The molecule has 29 heavy (non-hydrogen) atoms. The minimum atomic E-state index is -0.502. The fourth-order valence-corrected chi connectivity index (χ4v) is 2.89. The molecule has 3 rings (SSSR count). The Hall–Kier alpha value is -2.73. The molecule has 152 valence electrons. The van der Waals surface area contributed by atoms with Gasteiger partial charge in [-0.3, -0.25) is 9.78 Å². The highest BCUT2D eigenvalue weighted by molar-refractivity contribution is 5.92. The molecule has 1 amide bonds. The van der Waals surface area contributed by atoms with Crippen LogP contribution in [0.15, 0.2) is 79.0 Å². The summed E-state index contributed by atoms with van der Waals surface area (Å²) in [5.41, 5.74) is 3.61. The van der Waals surface area contributed by atoms with Crippen LogP contribution in [-0.2, 0) is 17.6 Å². The third-order valence-corrected chi connectivity index (χ3v) is 4.42. The zero-order valence-corrected chi connectivity index (χ0v) is 16.9. The summed E-state index contributed by atoms with van der Waals surface area (Å²) >= 11 is 0. The van der Waals surface area contributed by atoms with Crippen LogP contribution in [0.1, 0.15) is 22.9 Å². The van der Waals surface area contributed by atoms with Crippen LogP contribution in [0, 0.1) is 0 Å². The highest BCUT2D eigenvalue weighted by atomic mass is 35.5. The Bertz CT molecular complexity index is 858. The number of aliphatic hydroxyl groups excluding tert-OH is 1. The number of halogens is 1. The molecule has 1 aromatic heterocycles. The second-order valence-corrected chi connectivity index (χ2v) is 6.62. The monoisotopic (exact) mass is 411 g/mol. The van der Waals surface area contributed by atoms with Gasteiger partial charge in [0, 0.05) is 24.1 Å². The lowest BCUT2D eigenvalue weighted by molar-refractivity contribution is -0.115. The first-order chi connectivity index (χ1) is 13.7. The number of carbonyl (C=O) groups excluding carboxylic acids is 1. The summed E-state index contributed by atoms with van der Waals surface area (Å²) in [7, 11) is 0. The maximum atomic E-state index is 12.1. The maximum Gasteiger partial charge on any atom is 0.230 e. The van der Waals surface area contributed by atoms with Crippen LogP contribution in [0.3, 0.4) is 0 Å². The van der Waals surface area contributed by atoms with Crippen molar-refractivity contribution in [3.8, 4) is 0 Å². The van der Waals surface area contributed by atoms with E-state index < -0.39 is 6.10 Å². The number of aromatic nitrogens is 1. The molecule has 1 heterocycles. The number of hydrogen-bond donors (Lipinski definition) is 3. The molecule has 0 unspecified atom stereocenters. The van der Waals surface area contributed by atoms with Gasteiger partial charge in [0.05, 0.1) is 12.5 Å². The molecule has 0 saturated carbocycles. The van der Waals surface area contributed by atoms with E-state index >= 15 is 0 Å². The summed E-state index contributed by atoms with van der Waals surface area (Å²) in [5, 5.41) is 16.3. The van der Waals surface area contributed by atoms with Crippen LogP contribution in [0.25, 0.3) is 0 Å². The number of pyridine rings is 1. The van der Waals surface area contributed by atoms with Crippen molar-refractivity contribution in [2.75, 3.05) is 18.4 Å². The Morgan fingerprint density at radius 2 is 1.69 bits per heavy atom. The third kappa shape index (κ3) is 7.66. The molecule has 3 N–H and O–H groups in total. The van der Waals surface area contributed by atoms with Crippen LogP contribution in [0.4, 0.5) is 5.69 Å². The lowest BCUT2D eigenvalue weighted by Crippen LogP contribution is -2.23. The fraction of sp³-hybridized carbons (Fsp3) is 0.217. The Morgan fingerprint density at radius 3 is 2.38 bits per heavy atom. The second kappa shape index (κ2) is 12.0. The van der Waals surface area contributed by atoms with Crippen molar-refractivity contribution in [3.63, 3.8) is 0 Å². The minimum Gasteiger partial charge on any atom is -0.387 e. The van der Waals surface area contributed by atoms with Gasteiger partial charge in [0.25, 0.3) is 0 Å². The Balaban J connectivity index is 0.00000300. The molecular weight excluding hydrogens is 386 g/mol. The molecule has 0 aliphatic heterocycles. The first-order valence-corrected chi connectivity index (χ1v) is 9.43. The third-order valence-electron chi connectivity index (χ3n) is 4.42. The fourth-order valence-electron chi connectivity index (χ4n) is 2.89. The van der Waals surface area contributed by atoms with Crippen LogP contribution in [0.2, 0.25) is 0 Å². The van der Waals surface area contributed by atoms with E-state index in [1.54, 1.807) is 6.20 Å². The summed E-state index contributed by atoms with van der Waals surface area (Å²) in [6, 6.07) is 23.0. The average Bonchev–Trinajstić information content (AvgIpc) is 2.73. The topological polar surface area (TPSA) is 74.2 Å². The van der Waals surface area contributed by atoms with Crippen LogP contribution in [0.5, 0.6) is 0 Å². The van der Waals surface area contributed by atoms with E-state index in [1.165, 1.54) is 5.56 Å². The molecule has 1 atom stereocenters. The Labute approximate surface area is 177 Å². The molecule has 2 aromatic carbocycles. The molecule has 5 nitrogen and oxygen atoms in total. The van der Waals surface area contributed by atoms with E-state index in [1.807, 2.05) is 72.8 Å². The van der Waals surface area contributed by atoms with Gasteiger partial charge in [-0.1, -0.05) is 48.5 Å². The van der Waals surface area contributed by atoms with Gasteiger partial charge in [-0.15, -0.1) is 12.4 Å². The maximum absolute atomic E-state index is 12.1. The highest BCUT2D eigenvalue weighted by Crippen LogP contribution is 2.12. The SMILES string of the molecule is Cl.O=C(Cc1ccccn1)Nc1ccc(CCNC[C@H](O)c2ccccc2)cc1. The Kier molecular flexibility index (Phi) is 9.31. The number of nitrogens with zero attached hydrogens (tertiary/aromatic N) is 1. The number of amides is 1. The predicted octanol–water partition coefficient (Wildman–Crippen LogP) is 3.55. The van der Waals surface area contributed by atoms with Crippen molar-refractivity contribution in [1.82, 2.24) is 10.3 Å². The molecule has 0 saturated heterocycles. The number of rotatable bonds is 9. The normalized spacial score (nSPS) is 11.3. The number of benzene rings is 2. The van der Waals surface area contributed by atoms with Gasteiger partial charge in [-0.2, -0.15) is 0 Å². The zero-order chi connectivity index (χ0) is 19.6. The number of hydrogen-bond acceptors (Lipinski definition) is 4. The number of aliphatic hydroxyl groups is 1. The van der Waals surface area contributed by atoms with Crippen molar-refractivity contribution in [2.45, 2.75) is 18.9 Å². The largest absolute Gasteiger partial charge is 0.387 e. The summed E-state index contributed by atoms with van der Waals surface area (Å²) in [6.07, 6.45) is 2.29. The molecular formula is C23H26ClN3O2. The lowest BCUT2D eigenvalue weighted by Gasteiger charge is -2.12. The van der Waals surface area contributed by atoms with Crippen LogP contribution >= 0.6 is 12.4 Å². The highest BCUT2D eigenvalue weighted by Gasteiger charge is 2.06.